The lowest BCUT2D eigenvalue weighted by molar-refractivity contribution is 0.509. The van der Waals surface area contributed by atoms with Crippen molar-refractivity contribution >= 4 is 43.9 Å². The average Bonchev–Trinajstić information content (AvgIpc) is 3.21. The number of hydrogen-bond donors (Lipinski definition) is 2. The molecule has 1 aliphatic heterocycles. The van der Waals surface area contributed by atoms with Gasteiger partial charge in [0.15, 0.2) is 5.65 Å². The summed E-state index contributed by atoms with van der Waals surface area (Å²) in [6.07, 6.45) is 6.41. The minimum Gasteiger partial charge on any atom is -0.352 e. The molecular formula is C20H23N7OS. The molecule has 0 spiro atoms. The molecule has 2 N–H and O–H groups in total. The molecule has 1 aliphatic rings. The zero-order chi connectivity index (χ0) is 20.2. The van der Waals surface area contributed by atoms with E-state index < -0.39 is 10.3 Å². The molecule has 1 aromatic carbocycles. The molecule has 150 valence electrons. The van der Waals surface area contributed by atoms with Crippen molar-refractivity contribution in [2.75, 3.05) is 23.1 Å². The fourth-order valence-corrected chi connectivity index (χ4v) is 6.02. The fraction of sp³-hybridized carbons (Fsp3) is 0.350. The molecule has 2 unspecified atom stereocenters. The molecule has 0 bridgehead atoms. The number of aryl methyl sites for hydroxylation is 2. The van der Waals surface area contributed by atoms with Crippen LogP contribution in [0.1, 0.15) is 23.7 Å². The highest BCUT2D eigenvalue weighted by atomic mass is 32.3. The summed E-state index contributed by atoms with van der Waals surface area (Å²) in [5.41, 5.74) is 4.55. The summed E-state index contributed by atoms with van der Waals surface area (Å²) in [7, 11) is -1.52. The smallest absolute Gasteiger partial charge is 0.229 e. The van der Waals surface area contributed by atoms with Gasteiger partial charge in [-0.25, -0.2) is 9.67 Å². The second kappa shape index (κ2) is 6.64. The molecule has 0 radical (unpaired) electrons. The Balaban J connectivity index is 1.53. The number of benzene rings is 1. The monoisotopic (exact) mass is 409 g/mol. The molecule has 4 aromatic rings. The lowest BCUT2D eigenvalue weighted by Gasteiger charge is -2.22. The van der Waals surface area contributed by atoms with Crippen LogP contribution in [0.2, 0.25) is 0 Å². The van der Waals surface area contributed by atoms with E-state index in [-0.39, 0.29) is 6.04 Å². The first-order valence-electron chi connectivity index (χ1n) is 9.57. The van der Waals surface area contributed by atoms with Crippen molar-refractivity contribution in [2.45, 2.75) is 26.3 Å². The summed E-state index contributed by atoms with van der Waals surface area (Å²) in [6.45, 7) is 4.00. The first-order valence-corrected chi connectivity index (χ1v) is 11.9. The van der Waals surface area contributed by atoms with Gasteiger partial charge in [-0.1, -0.05) is 0 Å². The Morgan fingerprint density at radius 1 is 1.28 bits per heavy atom. The predicted molar refractivity (Wildman–Crippen MR) is 117 cm³/mol. The Kier molecular flexibility index (Phi) is 4.18. The Morgan fingerprint density at radius 3 is 2.93 bits per heavy atom. The van der Waals surface area contributed by atoms with Crippen LogP contribution in [0.3, 0.4) is 0 Å². The lowest BCUT2D eigenvalue weighted by Crippen LogP contribution is -2.12. The number of hydrogen-bond acceptors (Lipinski definition) is 7. The van der Waals surface area contributed by atoms with Crippen molar-refractivity contribution in [3.63, 3.8) is 0 Å². The maximum atomic E-state index is 10.5. The molecular weight excluding hydrogens is 386 g/mol. The third-order valence-corrected chi connectivity index (χ3v) is 7.75. The number of fused-ring (bicyclic) bond motifs is 2. The van der Waals surface area contributed by atoms with Gasteiger partial charge >= 0.3 is 0 Å². The molecule has 1 fully saturated rings. The van der Waals surface area contributed by atoms with Crippen molar-refractivity contribution in [2.24, 2.45) is 0 Å². The van der Waals surface area contributed by atoms with Crippen molar-refractivity contribution in [1.29, 1.82) is 0 Å². The summed E-state index contributed by atoms with van der Waals surface area (Å²) in [4.78, 5) is 9.29. The van der Waals surface area contributed by atoms with Gasteiger partial charge in [-0.3, -0.25) is 0 Å². The van der Waals surface area contributed by atoms with Crippen molar-refractivity contribution < 1.29 is 4.55 Å². The number of aromatic nitrogens is 6. The minimum absolute atomic E-state index is 0.180. The van der Waals surface area contributed by atoms with Gasteiger partial charge in [0, 0.05) is 28.8 Å². The van der Waals surface area contributed by atoms with E-state index in [2.05, 4.69) is 20.5 Å². The third kappa shape index (κ3) is 3.30. The second-order valence-electron chi connectivity index (χ2n) is 7.88. The second-order valence-corrected chi connectivity index (χ2v) is 11.1. The quantitative estimate of drug-likeness (QED) is 0.528. The largest absolute Gasteiger partial charge is 0.352 e. The standard InChI is InChI=1S/C20H23N7OS/c1-12-8-18-14(4-6-22-25-18)9-17(12)23-20-21-10-16-13(2)26-27(19(16)24-20)15-5-7-29(3,28)11-15/h4,6,8-10,15,28H,5,7,11H2,1-3H3,(H,21,23,24). The molecule has 29 heavy (non-hydrogen) atoms. The molecule has 0 aliphatic carbocycles. The van der Waals surface area contributed by atoms with Gasteiger partial charge < -0.3 is 9.87 Å². The van der Waals surface area contributed by atoms with Gasteiger partial charge in [-0.2, -0.15) is 20.3 Å². The first-order chi connectivity index (χ1) is 13.9. The van der Waals surface area contributed by atoms with Crippen LogP contribution in [0.4, 0.5) is 11.6 Å². The molecule has 9 heteroatoms. The van der Waals surface area contributed by atoms with Crippen LogP contribution in [0.15, 0.2) is 30.6 Å². The van der Waals surface area contributed by atoms with Crippen LogP contribution in [-0.2, 0) is 0 Å². The summed E-state index contributed by atoms with van der Waals surface area (Å²) >= 11 is 0. The predicted octanol–water partition coefficient (Wildman–Crippen LogP) is 3.98. The average molecular weight is 410 g/mol. The molecule has 2 atom stereocenters. The molecule has 0 amide bonds. The van der Waals surface area contributed by atoms with Crippen molar-refractivity contribution in [3.8, 4) is 0 Å². The van der Waals surface area contributed by atoms with E-state index in [1.165, 1.54) is 0 Å². The first kappa shape index (κ1) is 18.3. The maximum absolute atomic E-state index is 10.5. The Hall–Kier alpha value is -2.78. The Labute approximate surface area is 169 Å². The van der Waals surface area contributed by atoms with Gasteiger partial charge in [0.05, 0.1) is 28.8 Å². The van der Waals surface area contributed by atoms with Crippen molar-refractivity contribution in [3.05, 3.63) is 41.9 Å². The van der Waals surface area contributed by atoms with E-state index >= 15 is 0 Å². The zero-order valence-corrected chi connectivity index (χ0v) is 17.4. The summed E-state index contributed by atoms with van der Waals surface area (Å²) in [6, 6.07) is 6.15. The van der Waals surface area contributed by atoms with Crippen LogP contribution in [0.5, 0.6) is 0 Å². The Morgan fingerprint density at radius 2 is 2.14 bits per heavy atom. The van der Waals surface area contributed by atoms with Crippen LogP contribution < -0.4 is 5.32 Å². The van der Waals surface area contributed by atoms with Gasteiger partial charge in [-0.05, 0) is 50.3 Å². The molecule has 0 saturated carbocycles. The Bertz CT molecular complexity index is 1240. The lowest BCUT2D eigenvalue weighted by atomic mass is 10.1. The van der Waals surface area contributed by atoms with Gasteiger partial charge in [0.25, 0.3) is 0 Å². The SMILES string of the molecule is Cc1cc2nnccc2cc1Nc1ncc2c(C)nn(C3CCS(C)(O)C3)c2n1. The van der Waals surface area contributed by atoms with Crippen LogP contribution in [0.25, 0.3) is 21.9 Å². The number of nitrogens with zero attached hydrogens (tertiary/aromatic N) is 6. The van der Waals surface area contributed by atoms with E-state index in [4.69, 9.17) is 10.1 Å². The molecule has 5 rings (SSSR count). The number of anilines is 2. The van der Waals surface area contributed by atoms with Gasteiger partial charge in [0.2, 0.25) is 5.95 Å². The molecule has 8 nitrogen and oxygen atoms in total. The summed E-state index contributed by atoms with van der Waals surface area (Å²) in [5, 5.41) is 18.1. The molecule has 4 heterocycles. The number of rotatable bonds is 3. The molecule has 1 saturated heterocycles. The van der Waals surface area contributed by atoms with Crippen LogP contribution in [0, 0.1) is 13.8 Å². The van der Waals surface area contributed by atoms with E-state index in [0.29, 0.717) is 5.95 Å². The molecule has 3 aromatic heterocycles. The summed E-state index contributed by atoms with van der Waals surface area (Å²) in [5.74, 6) is 2.15. The van der Waals surface area contributed by atoms with Gasteiger partial charge in [-0.15, -0.1) is 10.3 Å². The summed E-state index contributed by atoms with van der Waals surface area (Å²) < 4.78 is 12.4. The zero-order valence-electron chi connectivity index (χ0n) is 16.6. The van der Waals surface area contributed by atoms with Crippen LogP contribution >= 0.6 is 10.3 Å². The fourth-order valence-electron chi connectivity index (χ4n) is 3.94. The maximum Gasteiger partial charge on any atom is 0.229 e. The highest BCUT2D eigenvalue weighted by Gasteiger charge is 2.32. The van der Waals surface area contributed by atoms with E-state index in [9.17, 15) is 4.55 Å². The number of nitrogens with one attached hydrogen (secondary N) is 1. The van der Waals surface area contributed by atoms with Gasteiger partial charge in [0.1, 0.15) is 0 Å². The highest BCUT2D eigenvalue weighted by molar-refractivity contribution is 8.28. The van der Waals surface area contributed by atoms with E-state index in [1.807, 2.05) is 49.2 Å². The minimum atomic E-state index is -1.52. The van der Waals surface area contributed by atoms with E-state index in [1.54, 1.807) is 6.20 Å². The van der Waals surface area contributed by atoms with E-state index in [0.717, 1.165) is 56.8 Å². The topological polar surface area (TPSA) is 102 Å². The highest BCUT2D eigenvalue weighted by Crippen LogP contribution is 2.50. The van der Waals surface area contributed by atoms with Crippen molar-refractivity contribution in [1.82, 2.24) is 29.9 Å². The van der Waals surface area contributed by atoms with Crippen LogP contribution in [-0.4, -0.2) is 52.3 Å². The normalized spacial score (nSPS) is 24.1. The third-order valence-electron chi connectivity index (χ3n) is 5.53.